The van der Waals surface area contributed by atoms with Gasteiger partial charge in [-0.2, -0.15) is 5.26 Å². The van der Waals surface area contributed by atoms with Crippen LogP contribution >= 0.6 is 0 Å². The predicted molar refractivity (Wildman–Crippen MR) is 87.0 cm³/mol. The van der Waals surface area contributed by atoms with Gasteiger partial charge in [0.25, 0.3) is 0 Å². The SMILES string of the molecule is CCCC1CCC(C2CCc3cc(C#N)ccc3C2)CC1. The fraction of sp³-hybridized carbons (Fsp3) is 0.650. The first-order chi connectivity index (χ1) is 10.3. The Bertz CT molecular complexity index is 517. The van der Waals surface area contributed by atoms with Gasteiger partial charge in [0.15, 0.2) is 0 Å². The Morgan fingerprint density at radius 3 is 2.57 bits per heavy atom. The minimum atomic E-state index is 0.826. The molecule has 2 aliphatic rings. The maximum Gasteiger partial charge on any atom is 0.0991 e. The molecule has 3 rings (SSSR count). The van der Waals surface area contributed by atoms with E-state index in [1.165, 1.54) is 68.9 Å². The van der Waals surface area contributed by atoms with Crippen LogP contribution < -0.4 is 0 Å². The topological polar surface area (TPSA) is 23.8 Å². The van der Waals surface area contributed by atoms with Crippen LogP contribution in [0.15, 0.2) is 18.2 Å². The van der Waals surface area contributed by atoms with Gasteiger partial charge in [0, 0.05) is 0 Å². The number of nitriles is 1. The average molecular weight is 281 g/mol. The summed E-state index contributed by atoms with van der Waals surface area (Å²) in [6.45, 7) is 2.32. The summed E-state index contributed by atoms with van der Waals surface area (Å²) in [4.78, 5) is 0. The van der Waals surface area contributed by atoms with E-state index in [2.05, 4.69) is 25.1 Å². The van der Waals surface area contributed by atoms with Gasteiger partial charge in [-0.25, -0.2) is 0 Å². The van der Waals surface area contributed by atoms with Crippen LogP contribution in [0, 0.1) is 29.1 Å². The lowest BCUT2D eigenvalue weighted by molar-refractivity contribution is 0.184. The van der Waals surface area contributed by atoms with Crippen LogP contribution in [-0.2, 0) is 12.8 Å². The second-order valence-corrected chi connectivity index (χ2v) is 7.17. The molecular formula is C20H27N. The van der Waals surface area contributed by atoms with Crippen LogP contribution in [0.5, 0.6) is 0 Å². The van der Waals surface area contributed by atoms with Crippen molar-refractivity contribution in [2.75, 3.05) is 0 Å². The minimum Gasteiger partial charge on any atom is -0.192 e. The molecule has 2 aliphatic carbocycles. The Morgan fingerprint density at radius 2 is 1.86 bits per heavy atom. The molecule has 0 spiro atoms. The molecule has 112 valence electrons. The Hall–Kier alpha value is -1.29. The Labute approximate surface area is 129 Å². The van der Waals surface area contributed by atoms with Crippen molar-refractivity contribution in [2.45, 2.75) is 64.7 Å². The molecule has 1 aromatic rings. The largest absolute Gasteiger partial charge is 0.192 e. The van der Waals surface area contributed by atoms with Gasteiger partial charge in [0.1, 0.15) is 0 Å². The summed E-state index contributed by atoms with van der Waals surface area (Å²) in [5.41, 5.74) is 3.78. The molecule has 0 saturated heterocycles. The molecule has 1 atom stereocenters. The molecule has 1 fully saturated rings. The van der Waals surface area contributed by atoms with E-state index in [1.807, 2.05) is 6.07 Å². The summed E-state index contributed by atoms with van der Waals surface area (Å²) in [6.07, 6.45) is 12.4. The third kappa shape index (κ3) is 3.31. The van der Waals surface area contributed by atoms with Gasteiger partial charge in [0.05, 0.1) is 11.6 Å². The van der Waals surface area contributed by atoms with Gasteiger partial charge in [-0.3, -0.25) is 0 Å². The van der Waals surface area contributed by atoms with Crippen molar-refractivity contribution in [3.05, 3.63) is 34.9 Å². The van der Waals surface area contributed by atoms with Crippen LogP contribution in [-0.4, -0.2) is 0 Å². The number of benzene rings is 1. The van der Waals surface area contributed by atoms with E-state index < -0.39 is 0 Å². The second-order valence-electron chi connectivity index (χ2n) is 7.17. The smallest absolute Gasteiger partial charge is 0.0991 e. The van der Waals surface area contributed by atoms with E-state index in [4.69, 9.17) is 5.26 Å². The van der Waals surface area contributed by atoms with Gasteiger partial charge in [0.2, 0.25) is 0 Å². The maximum atomic E-state index is 9.01. The van der Waals surface area contributed by atoms with Crippen molar-refractivity contribution in [3.8, 4) is 6.07 Å². The van der Waals surface area contributed by atoms with Crippen molar-refractivity contribution < 1.29 is 0 Å². The van der Waals surface area contributed by atoms with Gasteiger partial charge < -0.3 is 0 Å². The molecule has 0 heterocycles. The lowest BCUT2D eigenvalue weighted by Crippen LogP contribution is -2.26. The first kappa shape index (κ1) is 14.6. The number of hydrogen-bond acceptors (Lipinski definition) is 1. The van der Waals surface area contributed by atoms with Crippen LogP contribution in [0.25, 0.3) is 0 Å². The van der Waals surface area contributed by atoms with Gasteiger partial charge in [-0.1, -0.05) is 38.7 Å². The lowest BCUT2D eigenvalue weighted by Gasteiger charge is -2.36. The standard InChI is InChI=1S/C20H27N/c1-2-3-15-4-7-17(8-5-15)19-11-10-18-12-16(14-21)6-9-20(18)13-19/h6,9,12,15,17,19H,2-5,7-8,10-11,13H2,1H3. The van der Waals surface area contributed by atoms with Crippen LogP contribution in [0.3, 0.4) is 0 Å². The number of nitrogens with zero attached hydrogens (tertiary/aromatic N) is 1. The quantitative estimate of drug-likeness (QED) is 0.740. The van der Waals surface area contributed by atoms with Crippen molar-refractivity contribution in [1.82, 2.24) is 0 Å². The highest BCUT2D eigenvalue weighted by atomic mass is 14.3. The average Bonchev–Trinajstić information content (AvgIpc) is 2.55. The van der Waals surface area contributed by atoms with Crippen molar-refractivity contribution in [2.24, 2.45) is 17.8 Å². The molecular weight excluding hydrogens is 254 g/mol. The van der Waals surface area contributed by atoms with Crippen molar-refractivity contribution in [1.29, 1.82) is 5.26 Å². The zero-order valence-corrected chi connectivity index (χ0v) is 13.3. The summed E-state index contributed by atoms with van der Waals surface area (Å²) in [5.74, 6) is 2.87. The Kier molecular flexibility index (Phi) is 4.63. The highest BCUT2D eigenvalue weighted by Crippen LogP contribution is 2.40. The number of aryl methyl sites for hydroxylation is 1. The highest BCUT2D eigenvalue weighted by Gasteiger charge is 2.29. The van der Waals surface area contributed by atoms with E-state index in [9.17, 15) is 0 Å². The normalized spacial score (nSPS) is 28.7. The first-order valence-corrected chi connectivity index (χ1v) is 8.82. The fourth-order valence-corrected chi connectivity index (χ4v) is 4.61. The third-order valence-electron chi connectivity index (χ3n) is 5.86. The van der Waals surface area contributed by atoms with Gasteiger partial charge in [-0.15, -0.1) is 0 Å². The lowest BCUT2D eigenvalue weighted by atomic mass is 9.69. The Balaban J connectivity index is 1.61. The van der Waals surface area contributed by atoms with Crippen LogP contribution in [0.2, 0.25) is 0 Å². The Morgan fingerprint density at radius 1 is 1.05 bits per heavy atom. The number of fused-ring (bicyclic) bond motifs is 1. The zero-order chi connectivity index (χ0) is 14.7. The summed E-state index contributed by atoms with van der Waals surface area (Å²) in [5, 5.41) is 9.01. The highest BCUT2D eigenvalue weighted by molar-refractivity contribution is 5.39. The molecule has 0 radical (unpaired) electrons. The maximum absolute atomic E-state index is 9.01. The molecule has 0 aromatic heterocycles. The summed E-state index contributed by atoms with van der Waals surface area (Å²) in [6, 6.07) is 8.59. The molecule has 1 unspecified atom stereocenters. The van der Waals surface area contributed by atoms with E-state index in [-0.39, 0.29) is 0 Å². The molecule has 1 aromatic carbocycles. The molecule has 0 bridgehead atoms. The summed E-state index contributed by atoms with van der Waals surface area (Å²) >= 11 is 0. The fourth-order valence-electron chi connectivity index (χ4n) is 4.61. The molecule has 0 aliphatic heterocycles. The first-order valence-electron chi connectivity index (χ1n) is 8.82. The van der Waals surface area contributed by atoms with Crippen molar-refractivity contribution in [3.63, 3.8) is 0 Å². The summed E-state index contributed by atoms with van der Waals surface area (Å²) < 4.78 is 0. The van der Waals surface area contributed by atoms with Gasteiger partial charge in [-0.05, 0) is 73.1 Å². The van der Waals surface area contributed by atoms with Gasteiger partial charge >= 0.3 is 0 Å². The van der Waals surface area contributed by atoms with E-state index in [1.54, 1.807) is 0 Å². The number of rotatable bonds is 3. The summed E-state index contributed by atoms with van der Waals surface area (Å²) in [7, 11) is 0. The zero-order valence-electron chi connectivity index (χ0n) is 13.3. The molecule has 1 nitrogen and oxygen atoms in total. The van der Waals surface area contributed by atoms with Crippen LogP contribution in [0.1, 0.15) is 68.6 Å². The predicted octanol–water partition coefficient (Wildman–Crippen LogP) is 5.27. The molecule has 21 heavy (non-hydrogen) atoms. The van der Waals surface area contributed by atoms with E-state index in [0.29, 0.717) is 0 Å². The van der Waals surface area contributed by atoms with Crippen LogP contribution in [0.4, 0.5) is 0 Å². The monoisotopic (exact) mass is 281 g/mol. The van der Waals surface area contributed by atoms with E-state index >= 15 is 0 Å². The molecule has 1 saturated carbocycles. The number of hydrogen-bond donors (Lipinski definition) is 0. The third-order valence-corrected chi connectivity index (χ3v) is 5.86. The molecule has 0 amide bonds. The second kappa shape index (κ2) is 6.65. The minimum absolute atomic E-state index is 0.826. The molecule has 0 N–H and O–H groups in total. The van der Waals surface area contributed by atoms with E-state index in [0.717, 1.165) is 23.3 Å². The molecule has 1 heteroatoms. The van der Waals surface area contributed by atoms with Crippen molar-refractivity contribution >= 4 is 0 Å².